The van der Waals surface area contributed by atoms with Gasteiger partial charge in [-0.25, -0.2) is 0 Å². The molecule has 46 valence electrons. The molecule has 2 nitrogen and oxygen atoms in total. The van der Waals surface area contributed by atoms with E-state index >= 15 is 0 Å². The first-order chi connectivity index (χ1) is 3.88. The lowest BCUT2D eigenvalue weighted by molar-refractivity contribution is 0.316. The molecule has 0 aromatic carbocycles. The van der Waals surface area contributed by atoms with E-state index in [1.54, 1.807) is 0 Å². The van der Waals surface area contributed by atoms with Crippen LogP contribution in [0.2, 0.25) is 0 Å². The van der Waals surface area contributed by atoms with Crippen molar-refractivity contribution in [1.29, 1.82) is 0 Å². The number of rotatable bonds is 2. The second-order valence-corrected chi connectivity index (χ2v) is 2.22. The summed E-state index contributed by atoms with van der Waals surface area (Å²) in [6.07, 6.45) is 3.36. The van der Waals surface area contributed by atoms with Gasteiger partial charge in [-0.1, -0.05) is 12.1 Å². The van der Waals surface area contributed by atoms with Gasteiger partial charge in [0.2, 0.25) is 0 Å². The lowest BCUT2D eigenvalue weighted by Gasteiger charge is -1.92. The highest BCUT2D eigenvalue weighted by Gasteiger charge is 2.26. The summed E-state index contributed by atoms with van der Waals surface area (Å²) in [5.74, 6) is 0.630. The Balaban J connectivity index is 2.37. The van der Waals surface area contributed by atoms with Crippen molar-refractivity contribution in [1.82, 2.24) is 0 Å². The topological polar surface area (TPSA) is 32.6 Å². The van der Waals surface area contributed by atoms with Gasteiger partial charge in [-0.2, -0.15) is 0 Å². The summed E-state index contributed by atoms with van der Waals surface area (Å²) in [7, 11) is 0. The minimum Gasteiger partial charge on any atom is -0.411 e. The van der Waals surface area contributed by atoms with Crippen LogP contribution in [0.1, 0.15) is 26.2 Å². The van der Waals surface area contributed by atoms with Gasteiger partial charge in [0, 0.05) is 5.92 Å². The Hall–Kier alpha value is -0.530. The summed E-state index contributed by atoms with van der Waals surface area (Å²) in [4.78, 5) is 0. The highest BCUT2D eigenvalue weighted by atomic mass is 16.4. The Morgan fingerprint density at radius 2 is 2.38 bits per heavy atom. The second kappa shape index (κ2) is 2.16. The molecule has 0 aliphatic heterocycles. The van der Waals surface area contributed by atoms with Gasteiger partial charge in [0.25, 0.3) is 0 Å². The first-order valence-electron chi connectivity index (χ1n) is 3.09. The second-order valence-electron chi connectivity index (χ2n) is 2.22. The molecule has 1 saturated carbocycles. The minimum absolute atomic E-state index is 0.630. The molecule has 0 atom stereocenters. The molecule has 1 aliphatic carbocycles. The van der Waals surface area contributed by atoms with Crippen molar-refractivity contribution in [3.63, 3.8) is 0 Å². The van der Waals surface area contributed by atoms with Crippen LogP contribution in [0.25, 0.3) is 0 Å². The molecule has 8 heavy (non-hydrogen) atoms. The average Bonchev–Trinajstić information content (AvgIpc) is 2.53. The van der Waals surface area contributed by atoms with E-state index in [4.69, 9.17) is 5.21 Å². The Morgan fingerprint density at radius 1 is 1.75 bits per heavy atom. The Labute approximate surface area is 49.2 Å². The SMILES string of the molecule is CC/C(=N/O)C1CC1. The van der Waals surface area contributed by atoms with E-state index in [9.17, 15) is 0 Å². The average molecular weight is 113 g/mol. The first-order valence-corrected chi connectivity index (χ1v) is 3.09. The fraction of sp³-hybridized carbons (Fsp3) is 0.833. The van der Waals surface area contributed by atoms with Crippen LogP contribution < -0.4 is 0 Å². The highest BCUT2D eigenvalue weighted by molar-refractivity contribution is 5.87. The minimum atomic E-state index is 0.630. The lowest BCUT2D eigenvalue weighted by Crippen LogP contribution is -1.97. The Bertz CT molecular complexity index is 105. The van der Waals surface area contributed by atoms with E-state index < -0.39 is 0 Å². The maximum absolute atomic E-state index is 8.32. The summed E-state index contributed by atoms with van der Waals surface area (Å²) in [6, 6.07) is 0. The Morgan fingerprint density at radius 3 is 2.50 bits per heavy atom. The fourth-order valence-corrected chi connectivity index (χ4v) is 0.858. The van der Waals surface area contributed by atoms with Crippen LogP contribution in [0.4, 0.5) is 0 Å². The van der Waals surface area contributed by atoms with Crippen LogP contribution in [0, 0.1) is 5.92 Å². The number of oxime groups is 1. The van der Waals surface area contributed by atoms with Crippen LogP contribution in [-0.2, 0) is 0 Å². The van der Waals surface area contributed by atoms with E-state index in [1.807, 2.05) is 6.92 Å². The predicted octanol–water partition coefficient (Wildman–Crippen LogP) is 1.64. The van der Waals surface area contributed by atoms with Gasteiger partial charge in [0.1, 0.15) is 0 Å². The van der Waals surface area contributed by atoms with Crippen molar-refractivity contribution in [3.8, 4) is 0 Å². The summed E-state index contributed by atoms with van der Waals surface area (Å²) in [5.41, 5.74) is 0.977. The molecule has 0 amide bonds. The summed E-state index contributed by atoms with van der Waals surface area (Å²) in [5, 5.41) is 11.5. The molecule has 1 aliphatic rings. The zero-order valence-electron chi connectivity index (χ0n) is 5.09. The van der Waals surface area contributed by atoms with Gasteiger partial charge in [-0.3, -0.25) is 0 Å². The smallest absolute Gasteiger partial charge is 0.0598 e. The molecule has 0 aromatic heterocycles. The van der Waals surface area contributed by atoms with Crippen molar-refractivity contribution >= 4 is 5.71 Å². The molecule has 0 saturated heterocycles. The zero-order valence-corrected chi connectivity index (χ0v) is 5.09. The molecule has 1 N–H and O–H groups in total. The molecular formula is C6H11NO. The van der Waals surface area contributed by atoms with Gasteiger partial charge in [-0.15, -0.1) is 0 Å². The normalized spacial score (nSPS) is 21.4. The van der Waals surface area contributed by atoms with Crippen LogP contribution >= 0.6 is 0 Å². The van der Waals surface area contributed by atoms with Gasteiger partial charge in [0.05, 0.1) is 5.71 Å². The number of hydrogen-bond acceptors (Lipinski definition) is 2. The van der Waals surface area contributed by atoms with E-state index in [0.29, 0.717) is 5.92 Å². The molecule has 0 spiro atoms. The van der Waals surface area contributed by atoms with Crippen molar-refractivity contribution in [2.24, 2.45) is 11.1 Å². The monoisotopic (exact) mass is 113 g/mol. The van der Waals surface area contributed by atoms with Crippen molar-refractivity contribution in [2.45, 2.75) is 26.2 Å². The maximum atomic E-state index is 8.32. The molecule has 1 rings (SSSR count). The van der Waals surface area contributed by atoms with Gasteiger partial charge in [0.15, 0.2) is 0 Å². The van der Waals surface area contributed by atoms with Crippen LogP contribution in [0.3, 0.4) is 0 Å². The molecule has 2 heteroatoms. The quantitative estimate of drug-likeness (QED) is 0.329. The maximum Gasteiger partial charge on any atom is 0.0598 e. The largest absolute Gasteiger partial charge is 0.411 e. The third-order valence-corrected chi connectivity index (χ3v) is 1.54. The first kappa shape index (κ1) is 5.60. The number of hydrogen-bond donors (Lipinski definition) is 1. The third kappa shape index (κ3) is 0.997. The van der Waals surface area contributed by atoms with Crippen LogP contribution in [-0.4, -0.2) is 10.9 Å². The summed E-state index contributed by atoms with van der Waals surface area (Å²) >= 11 is 0. The van der Waals surface area contributed by atoms with E-state index in [1.165, 1.54) is 12.8 Å². The summed E-state index contributed by atoms with van der Waals surface area (Å²) in [6.45, 7) is 2.02. The van der Waals surface area contributed by atoms with E-state index in [-0.39, 0.29) is 0 Å². The van der Waals surface area contributed by atoms with Crippen LogP contribution in [0.5, 0.6) is 0 Å². The standard InChI is InChI=1S/C6H11NO/c1-2-6(7-8)5-3-4-5/h5,8H,2-4H2,1H3/b7-6-. The lowest BCUT2D eigenvalue weighted by atomic mass is 10.2. The Kier molecular flexibility index (Phi) is 1.51. The van der Waals surface area contributed by atoms with Crippen LogP contribution in [0.15, 0.2) is 5.16 Å². The molecule has 0 aromatic rings. The number of nitrogens with zero attached hydrogens (tertiary/aromatic N) is 1. The van der Waals surface area contributed by atoms with Crippen molar-refractivity contribution < 1.29 is 5.21 Å². The van der Waals surface area contributed by atoms with E-state index in [0.717, 1.165) is 12.1 Å². The predicted molar refractivity (Wildman–Crippen MR) is 32.2 cm³/mol. The fourth-order valence-electron chi connectivity index (χ4n) is 0.858. The van der Waals surface area contributed by atoms with Gasteiger partial charge in [-0.05, 0) is 19.3 Å². The van der Waals surface area contributed by atoms with Crippen molar-refractivity contribution in [2.75, 3.05) is 0 Å². The molecule has 1 fully saturated rings. The molecule has 0 unspecified atom stereocenters. The van der Waals surface area contributed by atoms with Gasteiger partial charge >= 0.3 is 0 Å². The van der Waals surface area contributed by atoms with Gasteiger partial charge < -0.3 is 5.21 Å². The van der Waals surface area contributed by atoms with E-state index in [2.05, 4.69) is 5.16 Å². The third-order valence-electron chi connectivity index (χ3n) is 1.54. The molecule has 0 heterocycles. The summed E-state index contributed by atoms with van der Waals surface area (Å²) < 4.78 is 0. The molecule has 0 bridgehead atoms. The highest BCUT2D eigenvalue weighted by Crippen LogP contribution is 2.31. The zero-order chi connectivity index (χ0) is 5.98. The molecule has 0 radical (unpaired) electrons. The molecular weight excluding hydrogens is 102 g/mol. The van der Waals surface area contributed by atoms with Crippen molar-refractivity contribution in [3.05, 3.63) is 0 Å².